The maximum absolute atomic E-state index is 4.51. The highest BCUT2D eigenvalue weighted by Gasteiger charge is 2.22. The average molecular weight is 173 g/mol. The van der Waals surface area contributed by atoms with E-state index in [2.05, 4.69) is 34.0 Å². The third-order valence-electron chi connectivity index (χ3n) is 2.67. The Balaban J connectivity index is 2.38. The maximum Gasteiger partial charge on any atom is 0.0648 e. The second-order valence-corrected chi connectivity index (χ2v) is 3.43. The van der Waals surface area contributed by atoms with Crippen molar-refractivity contribution in [1.29, 1.82) is 0 Å². The van der Waals surface area contributed by atoms with Crippen molar-refractivity contribution < 1.29 is 0 Å². The predicted octanol–water partition coefficient (Wildman–Crippen LogP) is -1.05. The van der Waals surface area contributed by atoms with E-state index >= 15 is 0 Å². The van der Waals surface area contributed by atoms with Gasteiger partial charge in [-0.2, -0.15) is 0 Å². The van der Waals surface area contributed by atoms with Gasteiger partial charge in [-0.3, -0.25) is 10.4 Å². The van der Waals surface area contributed by atoms with Crippen molar-refractivity contribution in [2.24, 2.45) is 4.99 Å². The average Bonchev–Trinajstić information content (AvgIpc) is 2.65. The van der Waals surface area contributed by atoms with E-state index in [-0.39, 0.29) is 0 Å². The quantitative estimate of drug-likeness (QED) is 0.525. The molecular weight excluding hydrogens is 162 g/mol. The number of hydrogen-bond donors (Lipinski definition) is 2. The monoisotopic (exact) mass is 173 g/mol. The third kappa shape index (κ3) is 1.01. The molecule has 1 aromatic carbocycles. The molecule has 0 saturated carbocycles. The number of benzene rings is 1. The summed E-state index contributed by atoms with van der Waals surface area (Å²) in [4.78, 5) is 4.51. The Labute approximate surface area is 76.2 Å². The largest absolute Gasteiger partial charge is 0.283 e. The molecule has 1 atom stereocenters. The normalized spacial score (nSPS) is 24.9. The van der Waals surface area contributed by atoms with Crippen molar-refractivity contribution in [3.05, 3.63) is 34.8 Å². The van der Waals surface area contributed by atoms with Gasteiger partial charge in [0.2, 0.25) is 0 Å². The zero-order chi connectivity index (χ0) is 8.67. The Morgan fingerprint density at radius 2 is 2.23 bits per heavy atom. The molecule has 0 aromatic heterocycles. The first kappa shape index (κ1) is 7.24. The lowest BCUT2D eigenvalue weighted by Gasteiger charge is -2.12. The summed E-state index contributed by atoms with van der Waals surface area (Å²) in [7, 11) is 0. The highest BCUT2D eigenvalue weighted by molar-refractivity contribution is 5.55. The Hall–Kier alpha value is -1.19. The second kappa shape index (κ2) is 2.65. The van der Waals surface area contributed by atoms with Crippen LogP contribution in [0.3, 0.4) is 0 Å². The number of hydrazine groups is 1. The van der Waals surface area contributed by atoms with Gasteiger partial charge in [-0.05, 0) is 11.6 Å². The molecule has 0 spiro atoms. The van der Waals surface area contributed by atoms with Crippen LogP contribution in [0.1, 0.15) is 0 Å². The Morgan fingerprint density at radius 3 is 3.23 bits per heavy atom. The van der Waals surface area contributed by atoms with Crippen molar-refractivity contribution in [2.45, 2.75) is 6.04 Å². The van der Waals surface area contributed by atoms with E-state index in [1.807, 2.05) is 6.07 Å². The van der Waals surface area contributed by atoms with Crippen LogP contribution >= 0.6 is 0 Å². The van der Waals surface area contributed by atoms with Crippen LogP contribution in [0.2, 0.25) is 0 Å². The van der Waals surface area contributed by atoms with Gasteiger partial charge >= 0.3 is 0 Å². The minimum atomic E-state index is 0.412. The van der Waals surface area contributed by atoms with Gasteiger partial charge in [0.05, 0.1) is 17.9 Å². The van der Waals surface area contributed by atoms with Crippen LogP contribution in [0.15, 0.2) is 29.3 Å². The lowest BCUT2D eigenvalue weighted by Crippen LogP contribution is -2.40. The number of hydrogen-bond acceptors (Lipinski definition) is 3. The molecule has 0 aliphatic carbocycles. The molecule has 13 heavy (non-hydrogen) atoms. The summed E-state index contributed by atoms with van der Waals surface area (Å²) in [5.41, 5.74) is 7.83. The molecule has 1 saturated heterocycles. The molecule has 3 heteroatoms. The maximum atomic E-state index is 4.51. The SMILES string of the molecule is c1ccc2c(c1)=NCC1NNCC=21. The fourth-order valence-electron chi connectivity index (χ4n) is 1.99. The van der Waals surface area contributed by atoms with Gasteiger partial charge in [0.1, 0.15) is 0 Å². The predicted molar refractivity (Wildman–Crippen MR) is 50.4 cm³/mol. The van der Waals surface area contributed by atoms with Crippen molar-refractivity contribution >= 4 is 5.57 Å². The van der Waals surface area contributed by atoms with Crippen LogP contribution in [0.5, 0.6) is 0 Å². The number of nitrogens with one attached hydrogen (secondary N) is 2. The van der Waals surface area contributed by atoms with E-state index in [0.29, 0.717) is 6.04 Å². The summed E-state index contributed by atoms with van der Waals surface area (Å²) in [6.45, 7) is 1.80. The van der Waals surface area contributed by atoms with Crippen LogP contribution in [0, 0.1) is 0 Å². The molecule has 2 heterocycles. The molecule has 66 valence electrons. The minimum Gasteiger partial charge on any atom is -0.283 e. The summed E-state index contributed by atoms with van der Waals surface area (Å²) < 4.78 is 0. The van der Waals surface area contributed by atoms with E-state index in [1.165, 1.54) is 10.8 Å². The van der Waals surface area contributed by atoms with Gasteiger partial charge in [-0.25, -0.2) is 5.43 Å². The topological polar surface area (TPSA) is 36.4 Å². The standard InChI is InChI=1S/C10H11N3/c1-2-4-9-7(3-1)8-5-12-13-10(8)6-11-9/h1-4,10,12-13H,5-6H2. The van der Waals surface area contributed by atoms with Crippen LogP contribution in [0.4, 0.5) is 0 Å². The van der Waals surface area contributed by atoms with E-state index in [4.69, 9.17) is 0 Å². The van der Waals surface area contributed by atoms with E-state index in [9.17, 15) is 0 Å². The van der Waals surface area contributed by atoms with Crippen molar-refractivity contribution in [1.82, 2.24) is 10.9 Å². The molecule has 3 nitrogen and oxygen atoms in total. The molecular formula is C10H11N3. The Kier molecular flexibility index (Phi) is 1.48. The van der Waals surface area contributed by atoms with E-state index < -0.39 is 0 Å². The zero-order valence-corrected chi connectivity index (χ0v) is 7.25. The first-order chi connectivity index (χ1) is 6.45. The van der Waals surface area contributed by atoms with Crippen LogP contribution in [-0.2, 0) is 0 Å². The van der Waals surface area contributed by atoms with Gasteiger partial charge in [-0.15, -0.1) is 0 Å². The molecule has 0 amide bonds. The van der Waals surface area contributed by atoms with Crippen LogP contribution < -0.4 is 21.4 Å². The lowest BCUT2D eigenvalue weighted by atomic mass is 10.0. The summed E-state index contributed by atoms with van der Waals surface area (Å²) in [6.07, 6.45) is 0. The molecule has 2 N–H and O–H groups in total. The third-order valence-corrected chi connectivity index (χ3v) is 2.67. The minimum absolute atomic E-state index is 0.412. The van der Waals surface area contributed by atoms with Crippen LogP contribution in [-0.4, -0.2) is 19.1 Å². The first-order valence-electron chi connectivity index (χ1n) is 4.56. The van der Waals surface area contributed by atoms with Crippen molar-refractivity contribution in [2.75, 3.05) is 13.1 Å². The summed E-state index contributed by atoms with van der Waals surface area (Å²) in [5, 5.41) is 2.44. The number of fused-ring (bicyclic) bond motifs is 2. The number of rotatable bonds is 0. The van der Waals surface area contributed by atoms with Gasteiger partial charge in [-0.1, -0.05) is 18.2 Å². The molecule has 0 bridgehead atoms. The van der Waals surface area contributed by atoms with Crippen molar-refractivity contribution in [3.8, 4) is 0 Å². The van der Waals surface area contributed by atoms with E-state index in [1.54, 1.807) is 0 Å². The highest BCUT2D eigenvalue weighted by atomic mass is 15.4. The second-order valence-electron chi connectivity index (χ2n) is 3.43. The molecule has 3 rings (SSSR count). The molecule has 0 radical (unpaired) electrons. The molecule has 1 fully saturated rings. The van der Waals surface area contributed by atoms with Gasteiger partial charge in [0, 0.05) is 11.8 Å². The Morgan fingerprint density at radius 1 is 1.31 bits per heavy atom. The smallest absolute Gasteiger partial charge is 0.0648 e. The van der Waals surface area contributed by atoms with Crippen molar-refractivity contribution in [3.63, 3.8) is 0 Å². The lowest BCUT2D eigenvalue weighted by molar-refractivity contribution is 0.584. The highest BCUT2D eigenvalue weighted by Crippen LogP contribution is 2.06. The summed E-state index contributed by atoms with van der Waals surface area (Å²) in [5.74, 6) is 0. The van der Waals surface area contributed by atoms with Gasteiger partial charge < -0.3 is 0 Å². The number of nitrogens with zero attached hydrogens (tertiary/aromatic N) is 1. The van der Waals surface area contributed by atoms with E-state index in [0.717, 1.165) is 18.4 Å². The summed E-state index contributed by atoms with van der Waals surface area (Å²) >= 11 is 0. The Bertz CT molecular complexity index is 449. The zero-order valence-electron chi connectivity index (χ0n) is 7.25. The molecule has 1 aromatic rings. The first-order valence-corrected chi connectivity index (χ1v) is 4.56. The number of para-hydroxylation sites is 1. The fourth-order valence-corrected chi connectivity index (χ4v) is 1.99. The summed E-state index contributed by atoms with van der Waals surface area (Å²) in [6, 6.07) is 8.75. The molecule has 2 aliphatic heterocycles. The molecule has 2 aliphatic rings. The van der Waals surface area contributed by atoms with Gasteiger partial charge in [0.15, 0.2) is 0 Å². The molecule has 1 unspecified atom stereocenters. The van der Waals surface area contributed by atoms with Gasteiger partial charge in [0.25, 0.3) is 0 Å². The van der Waals surface area contributed by atoms with Crippen LogP contribution in [0.25, 0.3) is 5.57 Å². The fraction of sp³-hybridized carbons (Fsp3) is 0.300.